The first kappa shape index (κ1) is 28.1. The molecule has 212 valence electrons. The van der Waals surface area contributed by atoms with Gasteiger partial charge in [0.2, 0.25) is 0 Å². The Balaban J connectivity index is 1.33. The lowest BCUT2D eigenvalue weighted by Gasteiger charge is -2.60. The Kier molecular flexibility index (Phi) is 8.26. The third kappa shape index (κ3) is 4.89. The fraction of sp³-hybridized carbons (Fsp3) is 0.939. The number of ether oxygens (including phenoxy) is 1. The Bertz CT molecular complexity index is 814. The molecule has 5 rings (SSSR count). The lowest BCUT2D eigenvalue weighted by atomic mass is 9.46. The molecule has 3 saturated carbocycles. The normalized spacial score (nSPS) is 44.1. The number of aliphatic hydroxyl groups is 1. The van der Waals surface area contributed by atoms with Crippen molar-refractivity contribution in [3.05, 3.63) is 11.6 Å². The SMILES string of the molecule is CC(C)CCC[C@@H](C)[C@H]1CC[C@H]2[C@@H]3CC=C4CC([N+]5(CCN)CCOCC5)C(O)C[C@]4(C)[C@H]3CC[C@]12C. The van der Waals surface area contributed by atoms with Gasteiger partial charge in [-0.25, -0.2) is 0 Å². The van der Waals surface area contributed by atoms with E-state index in [9.17, 15) is 5.11 Å². The molecule has 0 aromatic rings. The summed E-state index contributed by atoms with van der Waals surface area (Å²) in [6.07, 6.45) is 15.6. The monoisotopic (exact) mass is 515 g/mol. The molecule has 4 heteroatoms. The van der Waals surface area contributed by atoms with Crippen LogP contribution >= 0.6 is 0 Å². The zero-order chi connectivity index (χ0) is 26.4. The predicted molar refractivity (Wildman–Crippen MR) is 153 cm³/mol. The number of hydrogen-bond acceptors (Lipinski definition) is 3. The summed E-state index contributed by atoms with van der Waals surface area (Å²) in [6.45, 7) is 17.8. The van der Waals surface area contributed by atoms with Crippen LogP contribution in [0.25, 0.3) is 0 Å². The summed E-state index contributed by atoms with van der Waals surface area (Å²) >= 11 is 0. The molecule has 37 heavy (non-hydrogen) atoms. The van der Waals surface area contributed by atoms with Crippen molar-refractivity contribution in [1.82, 2.24) is 0 Å². The number of quaternary nitrogens is 1. The van der Waals surface area contributed by atoms with Crippen LogP contribution in [0.2, 0.25) is 0 Å². The van der Waals surface area contributed by atoms with Crippen LogP contribution in [0.5, 0.6) is 0 Å². The Labute approximate surface area is 228 Å². The summed E-state index contributed by atoms with van der Waals surface area (Å²) in [4.78, 5) is 0. The smallest absolute Gasteiger partial charge is 0.119 e. The van der Waals surface area contributed by atoms with E-state index < -0.39 is 0 Å². The quantitative estimate of drug-likeness (QED) is 0.300. The summed E-state index contributed by atoms with van der Waals surface area (Å²) in [5, 5.41) is 11.8. The molecule has 0 spiro atoms. The van der Waals surface area contributed by atoms with Crippen molar-refractivity contribution in [3.63, 3.8) is 0 Å². The van der Waals surface area contributed by atoms with Gasteiger partial charge in [0.05, 0.1) is 19.8 Å². The van der Waals surface area contributed by atoms with Crippen LogP contribution in [0, 0.1) is 46.3 Å². The summed E-state index contributed by atoms with van der Waals surface area (Å²) < 4.78 is 6.72. The Morgan fingerprint density at radius 2 is 1.84 bits per heavy atom. The maximum atomic E-state index is 11.8. The van der Waals surface area contributed by atoms with Crippen LogP contribution in [-0.2, 0) is 4.74 Å². The molecule has 9 atom stereocenters. The number of aliphatic hydroxyl groups excluding tert-OH is 1. The van der Waals surface area contributed by atoms with Crippen molar-refractivity contribution >= 4 is 0 Å². The average molecular weight is 516 g/mol. The first-order valence-corrected chi connectivity index (χ1v) is 16.2. The van der Waals surface area contributed by atoms with Crippen molar-refractivity contribution < 1.29 is 14.3 Å². The Morgan fingerprint density at radius 1 is 1.08 bits per heavy atom. The summed E-state index contributed by atoms with van der Waals surface area (Å²) in [7, 11) is 0. The molecule has 4 fully saturated rings. The lowest BCUT2D eigenvalue weighted by Crippen LogP contribution is -2.68. The molecule has 5 aliphatic rings. The molecule has 2 unspecified atom stereocenters. The van der Waals surface area contributed by atoms with Crippen molar-refractivity contribution in [3.8, 4) is 0 Å². The minimum absolute atomic E-state index is 0.181. The van der Waals surface area contributed by atoms with Crippen LogP contribution in [0.15, 0.2) is 11.6 Å². The van der Waals surface area contributed by atoms with Crippen LogP contribution in [0.1, 0.15) is 98.8 Å². The lowest BCUT2D eigenvalue weighted by molar-refractivity contribution is -0.960. The standard InChI is InChI=1S/C33H59N2O2/c1-23(2)7-6-8-24(3)27-11-12-28-26-10-9-25-21-30(35(16-15-34)17-19-37-20-18-35)31(36)22-33(25,5)29(26)13-14-32(27,28)4/h9,23-24,26-31,36H,6-8,10-22,34H2,1-5H3/q+1/t24-,26+,27-,28+,29+,30?,31?,32-,33+/m1/s1. The van der Waals surface area contributed by atoms with Crippen LogP contribution in [-0.4, -0.2) is 61.1 Å². The van der Waals surface area contributed by atoms with E-state index in [4.69, 9.17) is 10.5 Å². The molecule has 0 radical (unpaired) electrons. The van der Waals surface area contributed by atoms with Crippen LogP contribution < -0.4 is 5.73 Å². The highest BCUT2D eigenvalue weighted by molar-refractivity contribution is 5.26. The molecule has 0 bridgehead atoms. The first-order chi connectivity index (χ1) is 17.6. The van der Waals surface area contributed by atoms with E-state index in [1.807, 2.05) is 0 Å². The minimum Gasteiger partial charge on any atom is -0.387 e. The van der Waals surface area contributed by atoms with Gasteiger partial charge in [0, 0.05) is 13.0 Å². The van der Waals surface area contributed by atoms with E-state index in [2.05, 4.69) is 40.7 Å². The van der Waals surface area contributed by atoms with Crippen molar-refractivity contribution in [2.45, 2.75) is 111 Å². The highest BCUT2D eigenvalue weighted by atomic mass is 16.5. The van der Waals surface area contributed by atoms with E-state index in [1.165, 1.54) is 51.4 Å². The molecule has 1 heterocycles. The highest BCUT2D eigenvalue weighted by Gasteiger charge is 2.61. The van der Waals surface area contributed by atoms with Gasteiger partial charge < -0.3 is 20.1 Å². The number of nitrogens with zero attached hydrogens (tertiary/aromatic N) is 1. The van der Waals surface area contributed by atoms with Gasteiger partial charge in [-0.2, -0.15) is 0 Å². The first-order valence-electron chi connectivity index (χ1n) is 16.2. The van der Waals surface area contributed by atoms with Crippen molar-refractivity contribution in [2.24, 2.45) is 52.1 Å². The number of rotatable bonds is 8. The maximum Gasteiger partial charge on any atom is 0.119 e. The number of allylic oxidation sites excluding steroid dienone is 1. The van der Waals surface area contributed by atoms with Gasteiger partial charge in [0.15, 0.2) is 0 Å². The second kappa shape index (κ2) is 10.9. The largest absolute Gasteiger partial charge is 0.387 e. The van der Waals surface area contributed by atoms with Gasteiger partial charge >= 0.3 is 0 Å². The molecule has 3 N–H and O–H groups in total. The molecular weight excluding hydrogens is 456 g/mol. The maximum absolute atomic E-state index is 11.8. The average Bonchev–Trinajstić information content (AvgIpc) is 3.21. The Hall–Kier alpha value is -0.420. The van der Waals surface area contributed by atoms with Crippen molar-refractivity contribution in [1.29, 1.82) is 0 Å². The molecule has 4 nitrogen and oxygen atoms in total. The number of nitrogens with two attached hydrogens (primary N) is 1. The van der Waals surface area contributed by atoms with Gasteiger partial charge in [-0.3, -0.25) is 0 Å². The van der Waals surface area contributed by atoms with Crippen LogP contribution in [0.4, 0.5) is 0 Å². The third-order valence-electron chi connectivity index (χ3n) is 13.0. The third-order valence-corrected chi connectivity index (χ3v) is 13.0. The molecule has 0 aromatic carbocycles. The fourth-order valence-corrected chi connectivity index (χ4v) is 11.0. The topological polar surface area (TPSA) is 55.5 Å². The summed E-state index contributed by atoms with van der Waals surface area (Å²) in [5.74, 6) is 5.06. The van der Waals surface area contributed by atoms with Gasteiger partial charge in [-0.15, -0.1) is 0 Å². The van der Waals surface area contributed by atoms with Crippen LogP contribution in [0.3, 0.4) is 0 Å². The second-order valence-corrected chi connectivity index (χ2v) is 15.1. The summed E-state index contributed by atoms with van der Waals surface area (Å²) in [6, 6.07) is 0.291. The van der Waals surface area contributed by atoms with E-state index in [-0.39, 0.29) is 11.5 Å². The fourth-order valence-electron chi connectivity index (χ4n) is 11.0. The van der Waals surface area contributed by atoms with Gasteiger partial charge in [-0.05, 0) is 84.9 Å². The van der Waals surface area contributed by atoms with E-state index in [0.717, 1.165) is 85.7 Å². The number of morpholine rings is 1. The number of fused-ring (bicyclic) bond motifs is 5. The van der Waals surface area contributed by atoms with Crippen molar-refractivity contribution in [2.75, 3.05) is 39.4 Å². The zero-order valence-electron chi connectivity index (χ0n) is 24.9. The highest BCUT2D eigenvalue weighted by Crippen LogP contribution is 2.67. The molecular formula is C33H59N2O2+. The molecule has 4 aliphatic carbocycles. The summed E-state index contributed by atoms with van der Waals surface area (Å²) in [5.41, 5.74) is 8.52. The number of hydrogen-bond donors (Lipinski definition) is 2. The predicted octanol–water partition coefficient (Wildman–Crippen LogP) is 6.17. The van der Waals surface area contributed by atoms with Gasteiger partial charge in [0.25, 0.3) is 0 Å². The molecule has 0 aromatic heterocycles. The van der Waals surface area contributed by atoms with E-state index in [1.54, 1.807) is 5.57 Å². The molecule has 0 amide bonds. The second-order valence-electron chi connectivity index (χ2n) is 15.1. The Morgan fingerprint density at radius 3 is 2.54 bits per heavy atom. The molecule has 1 aliphatic heterocycles. The zero-order valence-corrected chi connectivity index (χ0v) is 24.9. The molecule has 1 saturated heterocycles. The van der Waals surface area contributed by atoms with Gasteiger partial charge in [0.1, 0.15) is 25.2 Å². The van der Waals surface area contributed by atoms with E-state index >= 15 is 0 Å². The van der Waals surface area contributed by atoms with Gasteiger partial charge in [-0.1, -0.05) is 65.5 Å². The van der Waals surface area contributed by atoms with E-state index in [0.29, 0.717) is 18.0 Å². The minimum atomic E-state index is -0.226.